The van der Waals surface area contributed by atoms with Crippen LogP contribution in [0.15, 0.2) is 24.8 Å². The first-order valence-corrected chi connectivity index (χ1v) is 25.9. The van der Waals surface area contributed by atoms with E-state index < -0.39 is 0 Å². The molecule has 0 unspecified atom stereocenters. The largest absolute Gasteiger partial charge is 0.256 e. The van der Waals surface area contributed by atoms with Crippen molar-refractivity contribution in [2.75, 3.05) is 0 Å². The van der Waals surface area contributed by atoms with Gasteiger partial charge in [0.25, 0.3) is 11.6 Å². The lowest BCUT2D eigenvalue weighted by Gasteiger charge is -2.06. The first-order chi connectivity index (χ1) is 27.7. The number of imidazole rings is 2. The molecule has 0 saturated heterocycles. The van der Waals surface area contributed by atoms with Crippen LogP contribution in [0.5, 0.6) is 0 Å². The fourth-order valence-corrected chi connectivity index (χ4v) is 9.13. The zero-order chi connectivity index (χ0) is 40.0. The molecule has 0 spiro atoms. The highest BCUT2D eigenvalue weighted by Gasteiger charge is 2.17. The molecule has 0 radical (unpaired) electrons. The van der Waals surface area contributed by atoms with Gasteiger partial charge in [-0.25, -0.2) is 18.3 Å². The smallest absolute Gasteiger partial charge is 0.235 e. The van der Waals surface area contributed by atoms with E-state index in [-0.39, 0.29) is 0 Å². The lowest BCUT2D eigenvalue weighted by Crippen LogP contribution is -2.37. The summed E-state index contributed by atoms with van der Waals surface area (Å²) in [6.45, 7) is 13.8. The molecule has 0 fully saturated rings. The van der Waals surface area contributed by atoms with Gasteiger partial charge in [-0.2, -0.15) is 0 Å². The Morgan fingerprint density at radius 3 is 0.786 bits per heavy atom. The van der Waals surface area contributed by atoms with Gasteiger partial charge in [-0.15, -0.1) is 0 Å². The summed E-state index contributed by atoms with van der Waals surface area (Å²) in [5, 5.41) is 0. The maximum Gasteiger partial charge on any atom is 0.256 e. The summed E-state index contributed by atoms with van der Waals surface area (Å²) in [4.78, 5) is 0. The second kappa shape index (κ2) is 37.7. The Morgan fingerprint density at radius 1 is 0.304 bits per heavy atom. The van der Waals surface area contributed by atoms with Crippen molar-refractivity contribution in [3.05, 3.63) is 36.4 Å². The first-order valence-electron chi connectivity index (χ1n) is 25.9. The van der Waals surface area contributed by atoms with Gasteiger partial charge in [0.2, 0.25) is 0 Å². The van der Waals surface area contributed by atoms with Gasteiger partial charge in [-0.3, -0.25) is 0 Å². The van der Waals surface area contributed by atoms with E-state index in [1.165, 1.54) is 257 Å². The molecule has 0 atom stereocenters. The molecule has 56 heavy (non-hydrogen) atoms. The second-order valence-electron chi connectivity index (χ2n) is 17.9. The van der Waals surface area contributed by atoms with E-state index in [0.29, 0.717) is 0 Å². The van der Waals surface area contributed by atoms with Crippen molar-refractivity contribution >= 4 is 0 Å². The van der Waals surface area contributed by atoms with E-state index in [2.05, 4.69) is 70.8 Å². The second-order valence-corrected chi connectivity index (χ2v) is 17.9. The number of rotatable bonds is 43. The molecular formula is C52H100N4+2. The molecule has 4 nitrogen and oxygen atoms in total. The zero-order valence-corrected chi connectivity index (χ0v) is 38.8. The monoisotopic (exact) mass is 781 g/mol. The predicted octanol–water partition coefficient (Wildman–Crippen LogP) is 15.8. The summed E-state index contributed by atoms with van der Waals surface area (Å²) < 4.78 is 10.2. The van der Waals surface area contributed by atoms with E-state index in [9.17, 15) is 0 Å². The molecule has 0 N–H and O–H groups in total. The molecule has 2 aromatic rings. The van der Waals surface area contributed by atoms with E-state index in [1.807, 2.05) is 0 Å². The van der Waals surface area contributed by atoms with E-state index in [0.717, 1.165) is 13.1 Å². The lowest BCUT2D eigenvalue weighted by atomic mass is 10.0. The minimum Gasteiger partial charge on any atom is -0.235 e. The van der Waals surface area contributed by atoms with Crippen molar-refractivity contribution in [1.29, 1.82) is 0 Å². The van der Waals surface area contributed by atoms with E-state index in [1.54, 1.807) is 11.6 Å². The van der Waals surface area contributed by atoms with Gasteiger partial charge in [0.15, 0.2) is 0 Å². The number of aromatic nitrogens is 4. The molecule has 2 aromatic heterocycles. The Bertz CT molecular complexity index is 1010. The van der Waals surface area contributed by atoms with Crippen molar-refractivity contribution in [2.45, 2.75) is 298 Å². The lowest BCUT2D eigenvalue weighted by molar-refractivity contribution is -0.704. The van der Waals surface area contributed by atoms with Crippen LogP contribution in [0.4, 0.5) is 0 Å². The Labute approximate surface area is 351 Å². The van der Waals surface area contributed by atoms with Crippen LogP contribution in [0.3, 0.4) is 0 Å². The van der Waals surface area contributed by atoms with Crippen molar-refractivity contribution in [3.8, 4) is 0 Å². The highest BCUT2D eigenvalue weighted by molar-refractivity contribution is 4.85. The van der Waals surface area contributed by atoms with Gasteiger partial charge in [0, 0.05) is 12.8 Å². The zero-order valence-electron chi connectivity index (χ0n) is 38.8. The van der Waals surface area contributed by atoms with Crippen LogP contribution >= 0.6 is 0 Å². The molecule has 0 aliphatic heterocycles. The average molecular weight is 781 g/mol. The van der Waals surface area contributed by atoms with Crippen molar-refractivity contribution < 1.29 is 9.13 Å². The van der Waals surface area contributed by atoms with Crippen LogP contribution in [-0.4, -0.2) is 9.13 Å². The van der Waals surface area contributed by atoms with E-state index >= 15 is 0 Å². The minimum atomic E-state index is 1.10. The highest BCUT2D eigenvalue weighted by atomic mass is 15.1. The third-order valence-electron chi connectivity index (χ3n) is 12.9. The fourth-order valence-electron chi connectivity index (χ4n) is 9.13. The van der Waals surface area contributed by atoms with Crippen LogP contribution < -0.4 is 9.13 Å². The SMILES string of the molecule is CCCCCCCCCCCCCCCCCc1n(CC)cc[n+]1CCCCCCCC[n+]1ccn(CC)c1CCCCCCCCCCCCCCCCC. The molecule has 0 aliphatic rings. The molecule has 326 valence electrons. The van der Waals surface area contributed by atoms with Crippen molar-refractivity contribution in [2.24, 2.45) is 0 Å². The summed E-state index contributed by atoms with van der Waals surface area (Å²) in [6.07, 6.45) is 63.2. The molecule has 2 rings (SSSR count). The highest BCUT2D eigenvalue weighted by Crippen LogP contribution is 2.16. The Kier molecular flexibility index (Phi) is 34.0. The standard InChI is InChI=1S/C52H100N4/c1-5-9-11-13-15-17-19-21-23-25-27-29-31-35-39-43-51-53(7-3)47-49-55(51)45-41-37-33-34-38-42-46-56-50-48-54(8-4)52(56)44-40-36-32-30-28-26-24-22-20-18-16-14-12-10-6-2/h47-50H,5-46H2,1-4H3/q+2. The third kappa shape index (κ3) is 25.7. The Hall–Kier alpha value is -1.58. The van der Waals surface area contributed by atoms with Crippen LogP contribution in [0.1, 0.15) is 270 Å². The van der Waals surface area contributed by atoms with Gasteiger partial charge in [0.05, 0.1) is 26.2 Å². The third-order valence-corrected chi connectivity index (χ3v) is 12.9. The number of hydrogen-bond acceptors (Lipinski definition) is 0. The van der Waals surface area contributed by atoms with Crippen molar-refractivity contribution in [1.82, 2.24) is 9.13 Å². The summed E-state index contributed by atoms with van der Waals surface area (Å²) in [6, 6.07) is 0. The normalized spacial score (nSPS) is 11.7. The maximum absolute atomic E-state index is 2.59. The van der Waals surface area contributed by atoms with Gasteiger partial charge >= 0.3 is 0 Å². The van der Waals surface area contributed by atoms with Gasteiger partial charge in [0.1, 0.15) is 24.8 Å². The molecule has 0 aliphatic carbocycles. The summed E-state index contributed by atoms with van der Waals surface area (Å²) in [5.74, 6) is 3.14. The predicted molar refractivity (Wildman–Crippen MR) is 246 cm³/mol. The summed E-state index contributed by atoms with van der Waals surface area (Å²) in [7, 11) is 0. The molecular weight excluding hydrogens is 681 g/mol. The quantitative estimate of drug-likeness (QED) is 0.0471. The first kappa shape index (κ1) is 50.6. The van der Waals surface area contributed by atoms with Gasteiger partial charge in [-0.1, -0.05) is 206 Å². The van der Waals surface area contributed by atoms with Crippen molar-refractivity contribution in [3.63, 3.8) is 0 Å². The van der Waals surface area contributed by atoms with Crippen LogP contribution in [0, 0.1) is 0 Å². The van der Waals surface area contributed by atoms with Crippen LogP contribution in [-0.2, 0) is 39.0 Å². The molecule has 0 amide bonds. The van der Waals surface area contributed by atoms with E-state index in [4.69, 9.17) is 0 Å². The average Bonchev–Trinajstić information content (AvgIpc) is 3.81. The molecule has 0 aromatic carbocycles. The van der Waals surface area contributed by atoms with Crippen LogP contribution in [0.2, 0.25) is 0 Å². The van der Waals surface area contributed by atoms with Gasteiger partial charge in [-0.05, 0) is 52.4 Å². The molecule has 4 heteroatoms. The fraction of sp³-hybridized carbons (Fsp3) is 0.885. The molecule has 0 saturated carbocycles. The van der Waals surface area contributed by atoms with Gasteiger partial charge < -0.3 is 0 Å². The number of aryl methyl sites for hydroxylation is 4. The maximum atomic E-state index is 2.59. The summed E-state index contributed by atoms with van der Waals surface area (Å²) >= 11 is 0. The molecule has 2 heterocycles. The molecule has 0 bridgehead atoms. The van der Waals surface area contributed by atoms with Crippen LogP contribution in [0.25, 0.3) is 0 Å². The number of nitrogens with zero attached hydrogens (tertiary/aromatic N) is 4. The Morgan fingerprint density at radius 2 is 0.536 bits per heavy atom. The summed E-state index contributed by atoms with van der Waals surface area (Å²) in [5.41, 5.74) is 0. The number of unbranched alkanes of at least 4 members (excludes halogenated alkanes) is 33. The number of hydrogen-bond donors (Lipinski definition) is 0. The topological polar surface area (TPSA) is 17.6 Å². The minimum absolute atomic E-state index is 1.10. The Balaban J connectivity index is 1.47.